The van der Waals surface area contributed by atoms with Crippen molar-refractivity contribution in [1.29, 1.82) is 0 Å². The van der Waals surface area contributed by atoms with E-state index < -0.39 is 0 Å². The number of thiophene rings is 4. The molecular formula is C101H119FN20O8S4. The number of nitrogens with two attached hydrogens (primary N) is 6. The molecule has 2 aromatic carbocycles. The highest BCUT2D eigenvalue weighted by Gasteiger charge is 2.53. The van der Waals surface area contributed by atoms with Gasteiger partial charge in [-0.1, -0.05) is 37.1 Å². The number of carbonyl (C=O) groups is 4. The molecule has 0 bridgehead atoms. The van der Waals surface area contributed by atoms with Crippen molar-refractivity contribution >= 4 is 156 Å². The molecule has 1 spiro atoms. The second-order valence-electron chi connectivity index (χ2n) is 38.9. The molecule has 16 heterocycles. The van der Waals surface area contributed by atoms with Crippen LogP contribution in [0.1, 0.15) is 165 Å². The predicted molar refractivity (Wildman–Crippen MR) is 533 cm³/mol. The molecule has 0 radical (unpaired) electrons. The Kier molecular flexibility index (Phi) is 25.2. The summed E-state index contributed by atoms with van der Waals surface area (Å²) in [6.45, 7) is 16.4. The zero-order valence-corrected chi connectivity index (χ0v) is 80.1. The second kappa shape index (κ2) is 37.2. The fourth-order valence-corrected chi connectivity index (χ4v) is 26.7. The quantitative estimate of drug-likeness (QED) is 0.0456. The van der Waals surface area contributed by atoms with Crippen LogP contribution in [0.3, 0.4) is 0 Å². The molecule has 7 fully saturated rings. The van der Waals surface area contributed by atoms with Crippen molar-refractivity contribution in [2.24, 2.45) is 34.6 Å². The number of nitrogens with zero attached hydrogens (tertiary/aromatic N) is 10. The molecular weight excluding hydrogens is 1770 g/mol. The molecule has 2 saturated carbocycles. The van der Waals surface area contributed by atoms with Gasteiger partial charge in [0.25, 0.3) is 23.6 Å². The number of amides is 4. The molecule has 10 aromatic heterocycles. The fraction of sp³-hybridized carbons (Fsp3) is 0.465. The standard InChI is InChI=1S/2C26H31N5O2S.C25H29N5O3S.C24H28FN5OS/c2*1-15-5-8-19-22(27)23(34-25(19)28-15)24(32)29-18-7-9-20-16(12-18)6-10-21(30-20)31-13-17-4-3-11-26(17,14-31)33-2;1-14-2-5-18-21(27)22(34-24(18)28-14)23(31)29-16-8-15-3-4-17(9-19(15)33-11-16)30-10-20(26)25(12-30)6-7-32-13-25;1-13-2-7-19-21(27)22(32-24(19)28-13)23(31)29-17-5-3-15-9-18(6-4-14(15)8-17)30-11-16(10-25)20(26)12-30/h2*5-6,8,10,17-18H,3-4,7,9,11-14,27H2,1-2H3,(H,29,32);2-5,9,16,20H,6-8,10-13,26-27H2,1H3,(H,29,31);2,4,6-7,9,16-17,20H,3,5,8,10-12,26-27H2,1H3,(H,29,31)/t17-,18+,26+;17-,18-,26+;16-,20-,25+;16-,17+,20+/m1011/s1. The first-order valence-corrected chi connectivity index (χ1v) is 50.5. The smallest absolute Gasteiger partial charge is 0.263 e. The number of ether oxygens (including phenoxy) is 4. The molecule has 16 N–H and O–H groups in total. The number of benzene rings is 2. The van der Waals surface area contributed by atoms with Gasteiger partial charge in [0, 0.05) is 200 Å². The molecule has 0 unspecified atom stereocenters. The van der Waals surface area contributed by atoms with Crippen LogP contribution in [0.5, 0.6) is 5.75 Å². The van der Waals surface area contributed by atoms with E-state index in [2.05, 4.69) is 121 Å². The Morgan fingerprint density at radius 3 is 1.31 bits per heavy atom. The minimum absolute atomic E-state index is 0.00954. The lowest BCUT2D eigenvalue weighted by atomic mass is 9.83. The van der Waals surface area contributed by atoms with Gasteiger partial charge in [-0.3, -0.25) is 23.6 Å². The number of rotatable bonds is 15. The Morgan fingerprint density at radius 2 is 0.881 bits per heavy atom. The summed E-state index contributed by atoms with van der Waals surface area (Å²) in [5, 5.41) is 16.1. The highest BCUT2D eigenvalue weighted by Crippen LogP contribution is 2.49. The van der Waals surface area contributed by atoms with Gasteiger partial charge in [0.1, 0.15) is 62.8 Å². The molecule has 4 amide bonds. The molecule has 12 atom stereocenters. The van der Waals surface area contributed by atoms with E-state index in [0.29, 0.717) is 80.2 Å². The van der Waals surface area contributed by atoms with E-state index in [-0.39, 0.29) is 89.1 Å². The number of pyridine rings is 6. The highest BCUT2D eigenvalue weighted by atomic mass is 32.1. The Balaban J connectivity index is 0.000000111. The van der Waals surface area contributed by atoms with E-state index in [9.17, 15) is 23.6 Å². The number of hydrogen-bond acceptors (Lipinski definition) is 28. The molecule has 12 aromatic rings. The predicted octanol–water partition coefficient (Wildman–Crippen LogP) is 13.4. The number of aromatic nitrogens is 6. The summed E-state index contributed by atoms with van der Waals surface area (Å²) in [6, 6.07) is 37.0. The van der Waals surface area contributed by atoms with Crippen LogP contribution in [0.4, 0.5) is 50.2 Å². The summed E-state index contributed by atoms with van der Waals surface area (Å²) in [7, 11) is 3.72. The number of carbonyl (C=O) groups excluding carboxylic acids is 4. The third kappa shape index (κ3) is 17.8. The van der Waals surface area contributed by atoms with Crippen LogP contribution in [0.2, 0.25) is 0 Å². The first-order chi connectivity index (χ1) is 64.7. The van der Waals surface area contributed by atoms with E-state index in [1.165, 1.54) is 93.3 Å². The number of nitrogens with one attached hydrogen (secondary N) is 4. The summed E-state index contributed by atoms with van der Waals surface area (Å²) in [6.07, 6.45) is 16.7. The van der Waals surface area contributed by atoms with Crippen LogP contribution in [0.15, 0.2) is 109 Å². The minimum atomic E-state index is -0.371. The van der Waals surface area contributed by atoms with Gasteiger partial charge < -0.3 is 94.2 Å². The number of fused-ring (bicyclic) bond motifs is 10. The Labute approximate surface area is 795 Å². The lowest BCUT2D eigenvalue weighted by molar-refractivity contribution is -0.0109. The topological polar surface area (TPSA) is 400 Å². The molecule has 134 heavy (non-hydrogen) atoms. The zero-order valence-electron chi connectivity index (χ0n) is 76.8. The van der Waals surface area contributed by atoms with Gasteiger partial charge in [-0.15, -0.1) is 45.3 Å². The molecule has 5 saturated heterocycles. The van der Waals surface area contributed by atoms with Crippen molar-refractivity contribution in [3.05, 3.63) is 191 Å². The molecule has 702 valence electrons. The first-order valence-electron chi connectivity index (χ1n) is 47.2. The van der Waals surface area contributed by atoms with Crippen LogP contribution < -0.4 is 80.0 Å². The fourth-order valence-electron chi connectivity index (χ4n) is 22.5. The van der Waals surface area contributed by atoms with Gasteiger partial charge in [0.05, 0.1) is 53.3 Å². The molecule has 5 aliphatic carbocycles. The molecule has 11 aliphatic rings. The van der Waals surface area contributed by atoms with Crippen LogP contribution in [-0.2, 0) is 59.2 Å². The Bertz CT molecular complexity index is 6110. The Morgan fingerprint density at radius 1 is 0.455 bits per heavy atom. The number of hydrogen-bond donors (Lipinski definition) is 10. The maximum absolute atomic E-state index is 13.1. The van der Waals surface area contributed by atoms with Gasteiger partial charge >= 0.3 is 0 Å². The molecule has 28 nitrogen and oxygen atoms in total. The summed E-state index contributed by atoms with van der Waals surface area (Å²) in [4.78, 5) is 94.9. The minimum Gasteiger partial charge on any atom is -0.491 e. The number of halogens is 1. The van der Waals surface area contributed by atoms with E-state index in [0.717, 1.165) is 239 Å². The molecule has 6 aliphatic heterocycles. The van der Waals surface area contributed by atoms with Gasteiger partial charge in [0.15, 0.2) is 0 Å². The molecule has 23 rings (SSSR count). The zero-order chi connectivity index (χ0) is 92.8. The number of anilines is 8. The SMILES string of the molecule is CO[C@@]12CCC[C@H]1CN(c1ccc3c(n1)CC[C@H](NC(=O)c1sc4nc(C)ccc4c1N)C3)C2.CO[C@]12CCC[C@@H]1CN(c1ccc3c(n1)CC[C@H](NC(=O)c1sc4nc(C)ccc4c1N)C3)C2.Cc1ccc2c(N)c(C(=O)N[C@H]3CCc4cc(N5C[C@@H](CF)[C@@H](N)C5)ccc4C3)sc2n1.Cc1ccc2c(N)c(C(=O)N[C@H]3COc4cc(N5C[C@@H](N)[C@@]6(CCOC6)C5)ccc4C3)sc2n1. The third-order valence-electron chi connectivity index (χ3n) is 30.3. The maximum atomic E-state index is 13.1. The summed E-state index contributed by atoms with van der Waals surface area (Å²) in [5.74, 6) is 3.60. The van der Waals surface area contributed by atoms with Gasteiger partial charge in [-0.05, 0) is 231 Å². The van der Waals surface area contributed by atoms with Crippen molar-refractivity contribution in [1.82, 2.24) is 51.2 Å². The summed E-state index contributed by atoms with van der Waals surface area (Å²) in [5.41, 5.74) is 54.1. The first kappa shape index (κ1) is 90.8. The van der Waals surface area contributed by atoms with E-state index >= 15 is 0 Å². The van der Waals surface area contributed by atoms with Crippen molar-refractivity contribution in [2.45, 2.75) is 184 Å². The van der Waals surface area contributed by atoms with Crippen LogP contribution >= 0.6 is 45.3 Å². The van der Waals surface area contributed by atoms with Crippen LogP contribution in [0, 0.1) is 50.9 Å². The summed E-state index contributed by atoms with van der Waals surface area (Å²) >= 11 is 5.42. The van der Waals surface area contributed by atoms with E-state index in [1.54, 1.807) is 0 Å². The van der Waals surface area contributed by atoms with Gasteiger partial charge in [-0.25, -0.2) is 29.9 Å². The molecule has 33 heteroatoms. The van der Waals surface area contributed by atoms with Crippen LogP contribution in [0.25, 0.3) is 40.9 Å². The second-order valence-corrected chi connectivity index (χ2v) is 42.9. The number of aryl methyl sites for hydroxylation is 7. The largest absolute Gasteiger partial charge is 0.491 e. The van der Waals surface area contributed by atoms with Crippen LogP contribution in [-0.4, -0.2) is 194 Å². The third-order valence-corrected chi connectivity index (χ3v) is 34.7. The lowest BCUT2D eigenvalue weighted by Gasteiger charge is -2.28. The monoisotopic (exact) mass is 1890 g/mol. The summed E-state index contributed by atoms with van der Waals surface area (Å²) < 4.78 is 36.8. The average molecular weight is 1890 g/mol. The average Bonchev–Trinajstić information content (AvgIpc) is 1.60. The number of nitrogen functional groups attached to an aromatic ring is 4. The van der Waals surface area contributed by atoms with Crippen molar-refractivity contribution in [3.8, 4) is 5.75 Å². The normalized spacial score (nSPS) is 25.3. The number of alkyl halides is 1. The maximum Gasteiger partial charge on any atom is 0.263 e. The van der Waals surface area contributed by atoms with E-state index in [4.69, 9.17) is 63.3 Å². The lowest BCUT2D eigenvalue weighted by Crippen LogP contribution is -2.42. The van der Waals surface area contributed by atoms with Gasteiger partial charge in [-0.2, -0.15) is 0 Å². The Hall–Kier alpha value is -11.0. The van der Waals surface area contributed by atoms with E-state index in [1.807, 2.05) is 90.4 Å². The highest BCUT2D eigenvalue weighted by molar-refractivity contribution is 7.22. The van der Waals surface area contributed by atoms with Crippen molar-refractivity contribution in [2.75, 3.05) is 136 Å². The van der Waals surface area contributed by atoms with Gasteiger partial charge in [0.2, 0.25) is 0 Å². The van der Waals surface area contributed by atoms with Crippen molar-refractivity contribution in [3.63, 3.8) is 0 Å². The van der Waals surface area contributed by atoms with Crippen molar-refractivity contribution < 1.29 is 42.5 Å². The number of methoxy groups -OCH3 is 2.